The maximum Gasteiger partial charge on any atom is 0.247 e. The number of nitrogens with one attached hydrogen (secondary N) is 1. The van der Waals surface area contributed by atoms with Crippen molar-refractivity contribution in [2.75, 3.05) is 4.90 Å². The zero-order valence-corrected chi connectivity index (χ0v) is 16.7. The van der Waals surface area contributed by atoms with Crippen LogP contribution in [-0.2, 0) is 11.3 Å². The number of nitrogens with zero attached hydrogens (tertiary/aromatic N) is 1. The van der Waals surface area contributed by atoms with E-state index in [-0.39, 0.29) is 11.9 Å². The van der Waals surface area contributed by atoms with Gasteiger partial charge in [0.1, 0.15) is 6.04 Å². The van der Waals surface area contributed by atoms with Gasteiger partial charge >= 0.3 is 0 Å². The van der Waals surface area contributed by atoms with Crippen LogP contribution in [0.4, 0.5) is 5.69 Å². The molecule has 1 aliphatic rings. The SMILES string of the molecule is O=C(NC1CCCC1)[C@H](c1ccccc1)N(Cc1ccccc1)c1ccccc1. The highest BCUT2D eigenvalue weighted by Crippen LogP contribution is 2.30. The summed E-state index contributed by atoms with van der Waals surface area (Å²) in [5.74, 6) is 0.0860. The van der Waals surface area contributed by atoms with Crippen molar-refractivity contribution in [3.05, 3.63) is 102 Å². The van der Waals surface area contributed by atoms with Crippen molar-refractivity contribution < 1.29 is 4.79 Å². The summed E-state index contributed by atoms with van der Waals surface area (Å²) in [6, 6.07) is 30.7. The van der Waals surface area contributed by atoms with E-state index in [4.69, 9.17) is 0 Å². The lowest BCUT2D eigenvalue weighted by atomic mass is 10.0. The van der Waals surface area contributed by atoms with Crippen molar-refractivity contribution in [3.8, 4) is 0 Å². The molecule has 0 radical (unpaired) electrons. The number of anilines is 1. The van der Waals surface area contributed by atoms with Gasteiger partial charge in [0.2, 0.25) is 5.91 Å². The van der Waals surface area contributed by atoms with E-state index >= 15 is 0 Å². The second-order valence-corrected chi connectivity index (χ2v) is 7.75. The quantitative estimate of drug-likeness (QED) is 0.584. The fourth-order valence-corrected chi connectivity index (χ4v) is 4.19. The summed E-state index contributed by atoms with van der Waals surface area (Å²) in [6.45, 7) is 0.669. The second-order valence-electron chi connectivity index (χ2n) is 7.75. The zero-order valence-electron chi connectivity index (χ0n) is 16.7. The predicted molar refractivity (Wildman–Crippen MR) is 119 cm³/mol. The summed E-state index contributed by atoms with van der Waals surface area (Å²) in [7, 11) is 0. The molecule has 0 spiro atoms. The van der Waals surface area contributed by atoms with E-state index in [1.165, 1.54) is 18.4 Å². The van der Waals surface area contributed by atoms with E-state index in [1.807, 2.05) is 42.5 Å². The van der Waals surface area contributed by atoms with E-state index in [9.17, 15) is 4.79 Å². The number of rotatable bonds is 7. The standard InChI is InChI=1S/C26H28N2O/c29-26(27-23-16-10-11-17-23)25(22-14-6-2-7-15-22)28(24-18-8-3-9-19-24)20-21-12-4-1-5-13-21/h1-9,12-15,18-19,23,25H,10-11,16-17,20H2,(H,27,29)/t25-/m0/s1. The van der Waals surface area contributed by atoms with Gasteiger partial charge in [-0.25, -0.2) is 0 Å². The Hall–Kier alpha value is -3.07. The van der Waals surface area contributed by atoms with Crippen LogP contribution in [0.1, 0.15) is 42.9 Å². The number of hydrogen-bond donors (Lipinski definition) is 1. The van der Waals surface area contributed by atoms with Gasteiger partial charge in [-0.15, -0.1) is 0 Å². The zero-order chi connectivity index (χ0) is 19.9. The van der Waals surface area contributed by atoms with Crippen molar-refractivity contribution in [1.29, 1.82) is 0 Å². The van der Waals surface area contributed by atoms with Crippen molar-refractivity contribution in [1.82, 2.24) is 5.32 Å². The Kier molecular flexibility index (Phi) is 6.25. The van der Waals surface area contributed by atoms with Crippen LogP contribution in [-0.4, -0.2) is 11.9 Å². The van der Waals surface area contributed by atoms with Gasteiger partial charge < -0.3 is 10.2 Å². The Bertz CT molecular complexity index is 890. The topological polar surface area (TPSA) is 32.3 Å². The molecule has 3 nitrogen and oxygen atoms in total. The molecule has 4 rings (SSSR count). The van der Waals surface area contributed by atoms with E-state index in [1.54, 1.807) is 0 Å². The molecule has 1 N–H and O–H groups in total. The minimum absolute atomic E-state index is 0.0860. The molecule has 3 aromatic carbocycles. The van der Waals surface area contributed by atoms with Gasteiger partial charge in [0, 0.05) is 18.3 Å². The molecule has 1 aliphatic carbocycles. The highest BCUT2D eigenvalue weighted by Gasteiger charge is 2.30. The molecule has 0 saturated heterocycles. The molecule has 1 saturated carbocycles. The average Bonchev–Trinajstić information content (AvgIpc) is 3.28. The van der Waals surface area contributed by atoms with E-state index in [0.29, 0.717) is 12.6 Å². The first-order valence-electron chi connectivity index (χ1n) is 10.5. The third kappa shape index (κ3) is 4.86. The number of benzene rings is 3. The van der Waals surface area contributed by atoms with E-state index < -0.39 is 0 Å². The third-order valence-corrected chi connectivity index (χ3v) is 5.66. The molecule has 1 fully saturated rings. The Labute approximate surface area is 173 Å². The Morgan fingerprint density at radius 3 is 2.00 bits per heavy atom. The molecule has 0 heterocycles. The molecule has 0 aliphatic heterocycles. The molecule has 0 aromatic heterocycles. The van der Waals surface area contributed by atoms with Crippen molar-refractivity contribution in [3.63, 3.8) is 0 Å². The third-order valence-electron chi connectivity index (χ3n) is 5.66. The minimum atomic E-state index is -0.376. The molecular formula is C26H28N2O. The van der Waals surface area contributed by atoms with Crippen LogP contribution < -0.4 is 10.2 Å². The molecule has 29 heavy (non-hydrogen) atoms. The second kappa shape index (κ2) is 9.42. The summed E-state index contributed by atoms with van der Waals surface area (Å²) >= 11 is 0. The van der Waals surface area contributed by atoms with Crippen LogP contribution in [0.5, 0.6) is 0 Å². The number of hydrogen-bond acceptors (Lipinski definition) is 2. The normalized spacial score (nSPS) is 15.0. The van der Waals surface area contributed by atoms with Gasteiger partial charge in [-0.3, -0.25) is 4.79 Å². The van der Waals surface area contributed by atoms with Gasteiger partial charge in [0.05, 0.1) is 0 Å². The van der Waals surface area contributed by atoms with Crippen LogP contribution >= 0.6 is 0 Å². The average molecular weight is 385 g/mol. The molecule has 3 aromatic rings. The summed E-state index contributed by atoms with van der Waals surface area (Å²) in [5.41, 5.74) is 3.25. The van der Waals surface area contributed by atoms with Crippen LogP contribution in [0, 0.1) is 0 Å². The highest BCUT2D eigenvalue weighted by atomic mass is 16.2. The van der Waals surface area contributed by atoms with E-state index in [2.05, 4.69) is 58.7 Å². The first kappa shape index (κ1) is 19.3. The van der Waals surface area contributed by atoms with Gasteiger partial charge in [-0.1, -0.05) is 91.7 Å². The molecule has 0 bridgehead atoms. The van der Waals surface area contributed by atoms with Crippen LogP contribution in [0.15, 0.2) is 91.0 Å². The maximum atomic E-state index is 13.6. The van der Waals surface area contributed by atoms with E-state index in [0.717, 1.165) is 24.1 Å². The first-order chi connectivity index (χ1) is 14.3. The fourth-order valence-electron chi connectivity index (χ4n) is 4.19. The Balaban J connectivity index is 1.71. The number of amides is 1. The summed E-state index contributed by atoms with van der Waals surface area (Å²) in [6.07, 6.45) is 4.56. The van der Waals surface area contributed by atoms with Crippen molar-refractivity contribution >= 4 is 11.6 Å². The molecule has 1 atom stereocenters. The monoisotopic (exact) mass is 384 g/mol. The summed E-state index contributed by atoms with van der Waals surface area (Å²) in [5, 5.41) is 3.33. The van der Waals surface area contributed by atoms with Gasteiger partial charge in [-0.05, 0) is 36.1 Å². The Morgan fingerprint density at radius 2 is 1.38 bits per heavy atom. The lowest BCUT2D eigenvalue weighted by molar-refractivity contribution is -0.123. The molecule has 148 valence electrons. The van der Waals surface area contributed by atoms with Crippen LogP contribution in [0.2, 0.25) is 0 Å². The smallest absolute Gasteiger partial charge is 0.247 e. The van der Waals surface area contributed by atoms with Gasteiger partial charge in [0.25, 0.3) is 0 Å². The first-order valence-corrected chi connectivity index (χ1v) is 10.5. The summed E-state index contributed by atoms with van der Waals surface area (Å²) in [4.78, 5) is 15.8. The maximum absolute atomic E-state index is 13.6. The molecular weight excluding hydrogens is 356 g/mol. The Morgan fingerprint density at radius 1 is 0.828 bits per heavy atom. The lowest BCUT2D eigenvalue weighted by Crippen LogP contribution is -2.43. The van der Waals surface area contributed by atoms with Crippen LogP contribution in [0.3, 0.4) is 0 Å². The van der Waals surface area contributed by atoms with Crippen molar-refractivity contribution in [2.24, 2.45) is 0 Å². The lowest BCUT2D eigenvalue weighted by Gasteiger charge is -2.34. The van der Waals surface area contributed by atoms with Gasteiger partial charge in [-0.2, -0.15) is 0 Å². The fraction of sp³-hybridized carbons (Fsp3) is 0.269. The number of carbonyl (C=O) groups excluding carboxylic acids is 1. The predicted octanol–water partition coefficient (Wildman–Crippen LogP) is 5.49. The number of carbonyl (C=O) groups is 1. The summed E-state index contributed by atoms with van der Waals surface area (Å²) < 4.78 is 0. The van der Waals surface area contributed by atoms with Crippen LogP contribution in [0.25, 0.3) is 0 Å². The highest BCUT2D eigenvalue weighted by molar-refractivity contribution is 5.87. The molecule has 3 heteroatoms. The number of para-hydroxylation sites is 1. The molecule has 0 unspecified atom stereocenters. The largest absolute Gasteiger partial charge is 0.352 e. The van der Waals surface area contributed by atoms with Crippen molar-refractivity contribution in [2.45, 2.75) is 44.3 Å². The van der Waals surface area contributed by atoms with Gasteiger partial charge in [0.15, 0.2) is 0 Å². The minimum Gasteiger partial charge on any atom is -0.352 e. The molecule has 1 amide bonds.